The van der Waals surface area contributed by atoms with E-state index in [1.165, 1.54) is 5.69 Å². The lowest BCUT2D eigenvalue weighted by Gasteiger charge is -2.26. The zero-order valence-corrected chi connectivity index (χ0v) is 12.5. The molecule has 0 radical (unpaired) electrons. The lowest BCUT2D eigenvalue weighted by molar-refractivity contribution is 0.150. The SMILES string of the molecule is CCC(CC)n1ccc(CC2(CNC)CCOC2)n1. The molecule has 1 aromatic heterocycles. The minimum absolute atomic E-state index is 0.238. The van der Waals surface area contributed by atoms with Crippen molar-refractivity contribution >= 4 is 0 Å². The highest BCUT2D eigenvalue weighted by Gasteiger charge is 2.35. The van der Waals surface area contributed by atoms with Crippen LogP contribution in [0.15, 0.2) is 12.3 Å². The summed E-state index contributed by atoms with van der Waals surface area (Å²) in [7, 11) is 2.02. The van der Waals surface area contributed by atoms with Gasteiger partial charge in [0.05, 0.1) is 18.3 Å². The number of rotatable bonds is 7. The van der Waals surface area contributed by atoms with Crippen molar-refractivity contribution in [3.8, 4) is 0 Å². The van der Waals surface area contributed by atoms with Gasteiger partial charge in [0.1, 0.15) is 0 Å². The molecular formula is C15H27N3O. The van der Waals surface area contributed by atoms with Crippen molar-refractivity contribution in [3.63, 3.8) is 0 Å². The van der Waals surface area contributed by atoms with Crippen molar-refractivity contribution in [2.24, 2.45) is 5.41 Å². The zero-order valence-electron chi connectivity index (χ0n) is 12.5. The second-order valence-electron chi connectivity index (χ2n) is 5.77. The van der Waals surface area contributed by atoms with Gasteiger partial charge in [0.2, 0.25) is 0 Å². The predicted octanol–water partition coefficient (Wildman–Crippen LogP) is 2.41. The first-order valence-electron chi connectivity index (χ1n) is 7.49. The van der Waals surface area contributed by atoms with Gasteiger partial charge in [-0.25, -0.2) is 0 Å². The lowest BCUT2D eigenvalue weighted by Crippen LogP contribution is -2.35. The van der Waals surface area contributed by atoms with E-state index in [2.05, 4.69) is 36.1 Å². The normalized spacial score (nSPS) is 23.4. The lowest BCUT2D eigenvalue weighted by atomic mass is 9.82. The molecule has 1 fully saturated rings. The second-order valence-corrected chi connectivity index (χ2v) is 5.77. The Morgan fingerprint density at radius 2 is 2.26 bits per heavy atom. The Morgan fingerprint density at radius 1 is 1.47 bits per heavy atom. The Labute approximate surface area is 116 Å². The first-order valence-corrected chi connectivity index (χ1v) is 7.49. The molecule has 0 aromatic carbocycles. The van der Waals surface area contributed by atoms with E-state index < -0.39 is 0 Å². The third-order valence-corrected chi connectivity index (χ3v) is 4.27. The molecule has 1 aliphatic heterocycles. The van der Waals surface area contributed by atoms with Crippen molar-refractivity contribution in [2.45, 2.75) is 45.6 Å². The number of aromatic nitrogens is 2. The van der Waals surface area contributed by atoms with E-state index in [4.69, 9.17) is 9.84 Å². The van der Waals surface area contributed by atoms with Gasteiger partial charge in [-0.3, -0.25) is 4.68 Å². The Balaban J connectivity index is 2.06. The summed E-state index contributed by atoms with van der Waals surface area (Å²) >= 11 is 0. The molecule has 2 heterocycles. The highest BCUT2D eigenvalue weighted by Crippen LogP contribution is 2.31. The fourth-order valence-electron chi connectivity index (χ4n) is 3.09. The van der Waals surface area contributed by atoms with Crippen LogP contribution in [0, 0.1) is 5.41 Å². The van der Waals surface area contributed by atoms with Crippen LogP contribution in [0.25, 0.3) is 0 Å². The molecule has 1 aliphatic rings. The zero-order chi connectivity index (χ0) is 13.7. The van der Waals surface area contributed by atoms with Gasteiger partial charge in [-0.1, -0.05) is 13.8 Å². The van der Waals surface area contributed by atoms with Crippen molar-refractivity contribution in [2.75, 3.05) is 26.8 Å². The largest absolute Gasteiger partial charge is 0.381 e. The predicted molar refractivity (Wildman–Crippen MR) is 77.3 cm³/mol. The molecule has 19 heavy (non-hydrogen) atoms. The molecule has 1 aromatic rings. The molecule has 4 nitrogen and oxygen atoms in total. The van der Waals surface area contributed by atoms with Gasteiger partial charge >= 0.3 is 0 Å². The number of nitrogens with one attached hydrogen (secondary N) is 1. The molecule has 1 unspecified atom stereocenters. The third kappa shape index (κ3) is 3.37. The molecule has 0 bridgehead atoms. The maximum atomic E-state index is 5.61. The van der Waals surface area contributed by atoms with Gasteiger partial charge < -0.3 is 10.1 Å². The quantitative estimate of drug-likeness (QED) is 0.823. The number of ether oxygens (including phenoxy) is 1. The minimum atomic E-state index is 0.238. The van der Waals surface area contributed by atoms with Crippen molar-refractivity contribution in [1.82, 2.24) is 15.1 Å². The summed E-state index contributed by atoms with van der Waals surface area (Å²) in [5.41, 5.74) is 1.44. The molecule has 0 aliphatic carbocycles. The molecule has 1 N–H and O–H groups in total. The molecule has 1 saturated heterocycles. The van der Waals surface area contributed by atoms with Crippen LogP contribution >= 0.6 is 0 Å². The summed E-state index contributed by atoms with van der Waals surface area (Å²) in [6.45, 7) is 7.19. The fraction of sp³-hybridized carbons (Fsp3) is 0.800. The van der Waals surface area contributed by atoms with Crippen molar-refractivity contribution < 1.29 is 4.74 Å². The molecule has 0 spiro atoms. The molecule has 4 heteroatoms. The van der Waals surface area contributed by atoms with E-state index in [-0.39, 0.29) is 5.41 Å². The van der Waals surface area contributed by atoms with Gasteiger partial charge in [0.15, 0.2) is 0 Å². The smallest absolute Gasteiger partial charge is 0.0631 e. The van der Waals surface area contributed by atoms with Crippen LogP contribution in [0.5, 0.6) is 0 Å². The number of hydrogen-bond donors (Lipinski definition) is 1. The van der Waals surface area contributed by atoms with Gasteiger partial charge in [-0.15, -0.1) is 0 Å². The molecule has 108 valence electrons. The van der Waals surface area contributed by atoms with Crippen LogP contribution in [0.4, 0.5) is 0 Å². The highest BCUT2D eigenvalue weighted by atomic mass is 16.5. The maximum Gasteiger partial charge on any atom is 0.0631 e. The van der Waals surface area contributed by atoms with Crippen LogP contribution in [0.2, 0.25) is 0 Å². The topological polar surface area (TPSA) is 39.1 Å². The van der Waals surface area contributed by atoms with Gasteiger partial charge in [-0.05, 0) is 32.4 Å². The van der Waals surface area contributed by atoms with Crippen LogP contribution < -0.4 is 5.32 Å². The molecule has 0 amide bonds. The summed E-state index contributed by atoms with van der Waals surface area (Å²) in [6, 6.07) is 2.71. The Kier molecular flexibility index (Phi) is 4.99. The first-order chi connectivity index (χ1) is 9.23. The van der Waals surface area contributed by atoms with Crippen molar-refractivity contribution in [3.05, 3.63) is 18.0 Å². The van der Waals surface area contributed by atoms with Gasteiger partial charge in [0.25, 0.3) is 0 Å². The van der Waals surface area contributed by atoms with Crippen LogP contribution in [0.1, 0.15) is 44.8 Å². The first kappa shape index (κ1) is 14.5. The second kappa shape index (κ2) is 6.53. The number of hydrogen-bond acceptors (Lipinski definition) is 3. The monoisotopic (exact) mass is 265 g/mol. The van der Waals surface area contributed by atoms with E-state index >= 15 is 0 Å². The Bertz CT molecular complexity index is 378. The third-order valence-electron chi connectivity index (χ3n) is 4.27. The maximum absolute atomic E-state index is 5.61. The standard InChI is InChI=1S/C15H27N3O/c1-4-14(5-2)18-8-6-13(17-18)10-15(11-16-3)7-9-19-12-15/h6,8,14,16H,4-5,7,9-12H2,1-3H3. The van der Waals surface area contributed by atoms with E-state index in [0.717, 1.165) is 45.4 Å². The molecule has 1 atom stereocenters. The van der Waals surface area contributed by atoms with E-state index in [1.807, 2.05) is 7.05 Å². The summed E-state index contributed by atoms with van der Waals surface area (Å²) < 4.78 is 7.74. The van der Waals surface area contributed by atoms with Crippen LogP contribution in [-0.2, 0) is 11.2 Å². The van der Waals surface area contributed by atoms with Gasteiger partial charge in [0, 0.05) is 31.2 Å². The highest BCUT2D eigenvalue weighted by molar-refractivity contribution is 5.05. The van der Waals surface area contributed by atoms with Gasteiger partial charge in [-0.2, -0.15) is 5.10 Å². The summed E-state index contributed by atoms with van der Waals surface area (Å²) in [6.07, 6.45) is 6.56. The van der Waals surface area contributed by atoms with Crippen molar-refractivity contribution in [1.29, 1.82) is 0 Å². The van der Waals surface area contributed by atoms with E-state index in [9.17, 15) is 0 Å². The number of nitrogens with zero attached hydrogens (tertiary/aromatic N) is 2. The molecule has 0 saturated carbocycles. The molecular weight excluding hydrogens is 238 g/mol. The average molecular weight is 265 g/mol. The minimum Gasteiger partial charge on any atom is -0.381 e. The Hall–Kier alpha value is -0.870. The van der Waals surface area contributed by atoms with Crippen LogP contribution in [-0.4, -0.2) is 36.6 Å². The van der Waals surface area contributed by atoms with E-state index in [0.29, 0.717) is 6.04 Å². The summed E-state index contributed by atoms with van der Waals surface area (Å²) in [5.74, 6) is 0. The average Bonchev–Trinajstić information content (AvgIpc) is 3.03. The molecule has 2 rings (SSSR count). The summed E-state index contributed by atoms with van der Waals surface area (Å²) in [5, 5.41) is 8.08. The van der Waals surface area contributed by atoms with E-state index in [1.54, 1.807) is 0 Å². The van der Waals surface area contributed by atoms with Crippen LogP contribution in [0.3, 0.4) is 0 Å². The fourth-order valence-corrected chi connectivity index (χ4v) is 3.09. The summed E-state index contributed by atoms with van der Waals surface area (Å²) in [4.78, 5) is 0. The Morgan fingerprint density at radius 3 is 2.84 bits per heavy atom.